The Morgan fingerprint density at radius 1 is 1.25 bits per heavy atom. The molecule has 24 heavy (non-hydrogen) atoms. The predicted octanol–water partition coefficient (Wildman–Crippen LogP) is 3.12. The fourth-order valence-electron chi connectivity index (χ4n) is 2.45. The van der Waals surface area contributed by atoms with E-state index in [1.165, 1.54) is 0 Å². The number of furan rings is 1. The van der Waals surface area contributed by atoms with Gasteiger partial charge in [-0.15, -0.1) is 12.4 Å². The Kier molecular flexibility index (Phi) is 7.82. The van der Waals surface area contributed by atoms with E-state index in [9.17, 15) is 4.79 Å². The zero-order valence-corrected chi connectivity index (χ0v) is 15.4. The summed E-state index contributed by atoms with van der Waals surface area (Å²) in [6.45, 7) is 4.48. The smallest absolute Gasteiger partial charge is 0.258 e. The van der Waals surface area contributed by atoms with Crippen molar-refractivity contribution in [3.63, 3.8) is 0 Å². The Labute approximate surface area is 149 Å². The molecule has 0 saturated heterocycles. The number of hydrogen-bond acceptors (Lipinski definition) is 4. The fourth-order valence-corrected chi connectivity index (χ4v) is 2.45. The summed E-state index contributed by atoms with van der Waals surface area (Å²) >= 11 is 0. The van der Waals surface area contributed by atoms with E-state index in [2.05, 4.69) is 11.4 Å². The first-order chi connectivity index (χ1) is 11.0. The molecule has 6 heteroatoms. The quantitative estimate of drug-likeness (QED) is 0.831. The molecule has 0 bridgehead atoms. The number of rotatable bonds is 7. The molecular formula is C18H25ClN2O3. The molecule has 0 saturated carbocycles. The van der Waals surface area contributed by atoms with Crippen LogP contribution in [0.1, 0.15) is 22.9 Å². The van der Waals surface area contributed by atoms with Gasteiger partial charge in [0, 0.05) is 6.54 Å². The molecule has 0 aliphatic heterocycles. The Morgan fingerprint density at radius 3 is 2.46 bits per heavy atom. The van der Waals surface area contributed by atoms with E-state index in [-0.39, 0.29) is 31.0 Å². The Morgan fingerprint density at radius 2 is 1.92 bits per heavy atom. The third-order valence-corrected chi connectivity index (χ3v) is 3.55. The maximum atomic E-state index is 12.0. The van der Waals surface area contributed by atoms with Crippen molar-refractivity contribution in [1.29, 1.82) is 0 Å². The predicted molar refractivity (Wildman–Crippen MR) is 96.8 cm³/mol. The van der Waals surface area contributed by atoms with E-state index in [4.69, 9.17) is 9.15 Å². The second kappa shape index (κ2) is 9.35. The molecule has 1 N–H and O–H groups in total. The van der Waals surface area contributed by atoms with Crippen LogP contribution in [-0.4, -0.2) is 38.1 Å². The first-order valence-corrected chi connectivity index (χ1v) is 7.63. The molecule has 5 nitrogen and oxygen atoms in total. The number of nitrogens with one attached hydrogen (secondary N) is 1. The highest BCUT2D eigenvalue weighted by atomic mass is 35.5. The Hall–Kier alpha value is -1.98. The molecular weight excluding hydrogens is 328 g/mol. The van der Waals surface area contributed by atoms with Gasteiger partial charge in [0.1, 0.15) is 11.5 Å². The second-order valence-corrected chi connectivity index (χ2v) is 5.91. The summed E-state index contributed by atoms with van der Waals surface area (Å²) < 4.78 is 11.0. The van der Waals surface area contributed by atoms with E-state index in [1.807, 2.05) is 57.1 Å². The van der Waals surface area contributed by atoms with Crippen LogP contribution in [0.5, 0.6) is 5.75 Å². The van der Waals surface area contributed by atoms with Gasteiger partial charge < -0.3 is 14.5 Å². The summed E-state index contributed by atoms with van der Waals surface area (Å²) in [5, 5.41) is 2.89. The van der Waals surface area contributed by atoms with E-state index >= 15 is 0 Å². The Balaban J connectivity index is 0.00000288. The number of hydrogen-bond donors (Lipinski definition) is 1. The number of ether oxygens (including phenoxy) is 1. The topological polar surface area (TPSA) is 54.7 Å². The van der Waals surface area contributed by atoms with Gasteiger partial charge in [0.25, 0.3) is 5.91 Å². The lowest BCUT2D eigenvalue weighted by molar-refractivity contribution is -0.123. The van der Waals surface area contributed by atoms with E-state index < -0.39 is 0 Å². The molecule has 1 aromatic carbocycles. The monoisotopic (exact) mass is 352 g/mol. The largest absolute Gasteiger partial charge is 0.484 e. The van der Waals surface area contributed by atoms with Crippen molar-refractivity contribution in [2.75, 3.05) is 27.2 Å². The van der Waals surface area contributed by atoms with Gasteiger partial charge in [-0.3, -0.25) is 9.69 Å². The SMILES string of the molecule is Cc1cc(C)cc(OCC(=O)NCC(c2ccco2)N(C)C)c1.Cl. The molecule has 0 spiro atoms. The Bertz CT molecular complexity index is 621. The number of aryl methyl sites for hydroxylation is 2. The molecule has 2 aromatic rings. The molecule has 1 unspecified atom stereocenters. The van der Waals surface area contributed by atoms with Crippen molar-refractivity contribution in [2.45, 2.75) is 19.9 Å². The fraction of sp³-hybridized carbons (Fsp3) is 0.389. The molecule has 1 amide bonds. The average Bonchev–Trinajstić information content (AvgIpc) is 2.98. The van der Waals surface area contributed by atoms with Crippen LogP contribution in [0.2, 0.25) is 0 Å². The van der Waals surface area contributed by atoms with Gasteiger partial charge in [-0.05, 0) is 63.3 Å². The first kappa shape index (κ1) is 20.1. The summed E-state index contributed by atoms with van der Waals surface area (Å²) in [5.74, 6) is 1.39. The summed E-state index contributed by atoms with van der Waals surface area (Å²) in [5.41, 5.74) is 2.23. The van der Waals surface area contributed by atoms with Crippen LogP contribution >= 0.6 is 12.4 Å². The lowest BCUT2D eigenvalue weighted by Crippen LogP contribution is -2.36. The molecule has 1 atom stereocenters. The minimum Gasteiger partial charge on any atom is -0.484 e. The molecule has 0 radical (unpaired) electrons. The zero-order chi connectivity index (χ0) is 16.8. The van der Waals surface area contributed by atoms with Crippen LogP contribution in [0.4, 0.5) is 0 Å². The number of likely N-dealkylation sites (N-methyl/N-ethyl adjacent to an activating group) is 1. The summed E-state index contributed by atoms with van der Waals surface area (Å²) in [7, 11) is 3.90. The van der Waals surface area contributed by atoms with Crippen LogP contribution < -0.4 is 10.1 Å². The average molecular weight is 353 g/mol. The molecule has 0 aliphatic carbocycles. The van der Waals surface area contributed by atoms with Crippen molar-refractivity contribution in [3.8, 4) is 5.75 Å². The van der Waals surface area contributed by atoms with E-state index in [0.29, 0.717) is 12.3 Å². The number of benzene rings is 1. The van der Waals surface area contributed by atoms with Crippen molar-refractivity contribution in [3.05, 3.63) is 53.5 Å². The van der Waals surface area contributed by atoms with Crippen molar-refractivity contribution < 1.29 is 13.9 Å². The number of carbonyl (C=O) groups excluding carboxylic acids is 1. The van der Waals surface area contributed by atoms with Gasteiger partial charge in [-0.2, -0.15) is 0 Å². The molecule has 2 rings (SSSR count). The molecule has 1 aromatic heterocycles. The second-order valence-electron chi connectivity index (χ2n) is 5.91. The minimum absolute atomic E-state index is 0. The van der Waals surface area contributed by atoms with Crippen LogP contribution in [-0.2, 0) is 4.79 Å². The maximum absolute atomic E-state index is 12.0. The maximum Gasteiger partial charge on any atom is 0.258 e. The summed E-state index contributed by atoms with van der Waals surface area (Å²) in [6, 6.07) is 9.66. The van der Waals surface area contributed by atoms with Crippen molar-refractivity contribution >= 4 is 18.3 Å². The number of nitrogens with zero attached hydrogens (tertiary/aromatic N) is 1. The van der Waals surface area contributed by atoms with Crippen LogP contribution in [0.25, 0.3) is 0 Å². The molecule has 0 aliphatic rings. The highest BCUT2D eigenvalue weighted by Crippen LogP contribution is 2.18. The number of halogens is 1. The zero-order valence-electron chi connectivity index (χ0n) is 14.5. The lowest BCUT2D eigenvalue weighted by Gasteiger charge is -2.22. The molecule has 132 valence electrons. The third-order valence-electron chi connectivity index (χ3n) is 3.55. The van der Waals surface area contributed by atoms with E-state index in [1.54, 1.807) is 6.26 Å². The highest BCUT2D eigenvalue weighted by Gasteiger charge is 2.17. The summed E-state index contributed by atoms with van der Waals surface area (Å²) in [6.07, 6.45) is 1.64. The molecule has 0 fully saturated rings. The minimum atomic E-state index is -0.150. The lowest BCUT2D eigenvalue weighted by atomic mass is 10.1. The summed E-state index contributed by atoms with van der Waals surface area (Å²) in [4.78, 5) is 14.0. The van der Waals surface area contributed by atoms with Crippen molar-refractivity contribution in [1.82, 2.24) is 10.2 Å². The van der Waals surface area contributed by atoms with Gasteiger partial charge >= 0.3 is 0 Å². The van der Waals surface area contributed by atoms with E-state index in [0.717, 1.165) is 16.9 Å². The normalized spacial score (nSPS) is 11.7. The van der Waals surface area contributed by atoms with Crippen molar-refractivity contribution in [2.24, 2.45) is 0 Å². The van der Waals surface area contributed by atoms with Gasteiger partial charge in [0.15, 0.2) is 6.61 Å². The number of amides is 1. The number of carbonyl (C=O) groups is 1. The standard InChI is InChI=1S/C18H24N2O3.ClH/c1-13-8-14(2)10-15(9-13)23-12-18(21)19-11-16(20(3)4)17-6-5-7-22-17;/h5-10,16H,11-12H2,1-4H3,(H,19,21);1H. The first-order valence-electron chi connectivity index (χ1n) is 7.63. The van der Waals surface area contributed by atoms with Crippen LogP contribution in [0.3, 0.4) is 0 Å². The van der Waals surface area contributed by atoms with Gasteiger partial charge in [0.2, 0.25) is 0 Å². The van der Waals surface area contributed by atoms with Crippen LogP contribution in [0.15, 0.2) is 41.0 Å². The highest BCUT2D eigenvalue weighted by molar-refractivity contribution is 5.85. The third kappa shape index (κ3) is 5.91. The van der Waals surface area contributed by atoms with Gasteiger partial charge in [-0.1, -0.05) is 6.07 Å². The van der Waals surface area contributed by atoms with Gasteiger partial charge in [-0.25, -0.2) is 0 Å². The van der Waals surface area contributed by atoms with Gasteiger partial charge in [0.05, 0.1) is 12.3 Å². The van der Waals surface area contributed by atoms with Crippen LogP contribution in [0, 0.1) is 13.8 Å². The molecule has 1 heterocycles.